The third-order valence-electron chi connectivity index (χ3n) is 2.42. The minimum Gasteiger partial charge on any atom is -0.496 e. The molecule has 19 heavy (non-hydrogen) atoms. The van der Waals surface area contributed by atoms with Crippen molar-refractivity contribution in [3.8, 4) is 17.0 Å². The lowest BCUT2D eigenvalue weighted by atomic mass is 10.1. The smallest absolute Gasteiger partial charge is 0.433 e. The maximum atomic E-state index is 12.7. The number of nitrogens with two attached hydrogens (primary N) is 1. The van der Waals surface area contributed by atoms with E-state index in [1.165, 1.54) is 7.11 Å². The van der Waals surface area contributed by atoms with Crippen LogP contribution in [0.25, 0.3) is 11.3 Å². The van der Waals surface area contributed by atoms with Gasteiger partial charge in [-0.25, -0.2) is 9.97 Å². The third-order valence-corrected chi connectivity index (χ3v) is 2.42. The fraction of sp³-hybridized carbons (Fsp3) is 0.167. The first-order valence-electron chi connectivity index (χ1n) is 5.27. The molecule has 0 fully saturated rings. The topological polar surface area (TPSA) is 61.0 Å². The number of aromatic nitrogens is 2. The highest BCUT2D eigenvalue weighted by Gasteiger charge is 2.33. The van der Waals surface area contributed by atoms with E-state index < -0.39 is 17.8 Å². The van der Waals surface area contributed by atoms with Gasteiger partial charge in [-0.05, 0) is 18.2 Å². The molecule has 0 atom stereocenters. The average molecular weight is 269 g/mol. The molecular weight excluding hydrogens is 259 g/mol. The van der Waals surface area contributed by atoms with Crippen LogP contribution in [-0.2, 0) is 6.18 Å². The molecule has 1 heterocycles. The Morgan fingerprint density at radius 3 is 2.47 bits per heavy atom. The number of nitrogen functional groups attached to an aromatic ring is 1. The summed E-state index contributed by atoms with van der Waals surface area (Å²) in [7, 11) is 1.42. The maximum absolute atomic E-state index is 12.7. The molecule has 0 unspecified atom stereocenters. The number of benzene rings is 1. The van der Waals surface area contributed by atoms with Crippen LogP contribution in [0, 0.1) is 0 Å². The SMILES string of the molecule is COc1ccccc1-c1cc(C(F)(F)F)nc(N)n1. The van der Waals surface area contributed by atoms with Gasteiger partial charge in [0, 0.05) is 5.56 Å². The molecule has 0 bridgehead atoms. The average Bonchev–Trinajstić information content (AvgIpc) is 2.37. The molecule has 7 heteroatoms. The highest BCUT2D eigenvalue weighted by molar-refractivity contribution is 5.68. The standard InChI is InChI=1S/C12H10F3N3O/c1-19-9-5-3-2-4-7(9)8-6-10(12(13,14)15)18-11(16)17-8/h2-6H,1H3,(H2,16,17,18). The van der Waals surface area contributed by atoms with Gasteiger partial charge in [0.25, 0.3) is 0 Å². The summed E-state index contributed by atoms with van der Waals surface area (Å²) in [5.74, 6) is -0.0237. The Kier molecular flexibility index (Phi) is 3.28. The quantitative estimate of drug-likeness (QED) is 0.910. The number of hydrogen-bond donors (Lipinski definition) is 1. The molecule has 4 nitrogen and oxygen atoms in total. The summed E-state index contributed by atoms with van der Waals surface area (Å²) < 4.78 is 43.1. The normalized spacial score (nSPS) is 11.4. The molecule has 0 aliphatic carbocycles. The fourth-order valence-electron chi connectivity index (χ4n) is 1.61. The van der Waals surface area contributed by atoms with Crippen molar-refractivity contribution in [2.75, 3.05) is 12.8 Å². The van der Waals surface area contributed by atoms with E-state index in [1.807, 2.05) is 0 Å². The monoisotopic (exact) mass is 269 g/mol. The summed E-state index contributed by atoms with van der Waals surface area (Å²) in [6.07, 6.45) is -4.58. The number of ether oxygens (including phenoxy) is 1. The molecule has 1 aromatic heterocycles. The van der Waals surface area contributed by atoms with Crippen LogP contribution in [0.5, 0.6) is 5.75 Å². The van der Waals surface area contributed by atoms with Crippen molar-refractivity contribution in [2.45, 2.75) is 6.18 Å². The van der Waals surface area contributed by atoms with Crippen LogP contribution < -0.4 is 10.5 Å². The maximum Gasteiger partial charge on any atom is 0.433 e. The van der Waals surface area contributed by atoms with E-state index in [0.29, 0.717) is 11.3 Å². The van der Waals surface area contributed by atoms with E-state index in [0.717, 1.165) is 6.07 Å². The molecular formula is C12H10F3N3O. The lowest BCUT2D eigenvalue weighted by Gasteiger charge is -2.11. The molecule has 2 rings (SSSR count). The second kappa shape index (κ2) is 4.75. The van der Waals surface area contributed by atoms with E-state index in [9.17, 15) is 13.2 Å². The van der Waals surface area contributed by atoms with Crippen molar-refractivity contribution in [2.24, 2.45) is 0 Å². The first kappa shape index (κ1) is 13.1. The highest BCUT2D eigenvalue weighted by Crippen LogP contribution is 2.33. The molecule has 0 radical (unpaired) electrons. The molecule has 0 saturated heterocycles. The van der Waals surface area contributed by atoms with Gasteiger partial charge in [0.05, 0.1) is 12.8 Å². The highest BCUT2D eigenvalue weighted by atomic mass is 19.4. The summed E-state index contributed by atoms with van der Waals surface area (Å²) in [5.41, 5.74) is 4.73. The zero-order chi connectivity index (χ0) is 14.0. The number of hydrogen-bond acceptors (Lipinski definition) is 4. The van der Waals surface area contributed by atoms with Gasteiger partial charge in [0.1, 0.15) is 5.75 Å². The van der Waals surface area contributed by atoms with Crippen molar-refractivity contribution in [3.63, 3.8) is 0 Å². The van der Waals surface area contributed by atoms with Crippen molar-refractivity contribution in [1.29, 1.82) is 0 Å². The Morgan fingerprint density at radius 2 is 1.84 bits per heavy atom. The number of anilines is 1. The van der Waals surface area contributed by atoms with Crippen molar-refractivity contribution in [3.05, 3.63) is 36.0 Å². The Balaban J connectivity index is 2.60. The largest absolute Gasteiger partial charge is 0.496 e. The molecule has 0 aliphatic rings. The van der Waals surface area contributed by atoms with Gasteiger partial charge in [0.2, 0.25) is 5.95 Å². The minimum atomic E-state index is -4.58. The van der Waals surface area contributed by atoms with E-state index in [-0.39, 0.29) is 5.69 Å². The van der Waals surface area contributed by atoms with Gasteiger partial charge in [-0.3, -0.25) is 0 Å². The molecule has 2 aromatic rings. The van der Waals surface area contributed by atoms with Crippen LogP contribution in [0.3, 0.4) is 0 Å². The van der Waals surface area contributed by atoms with E-state index in [1.54, 1.807) is 24.3 Å². The molecule has 0 spiro atoms. The lowest BCUT2D eigenvalue weighted by molar-refractivity contribution is -0.141. The molecule has 0 saturated carbocycles. The first-order valence-corrected chi connectivity index (χ1v) is 5.27. The Bertz CT molecular complexity index is 599. The summed E-state index contributed by atoms with van der Waals surface area (Å²) in [5, 5.41) is 0. The van der Waals surface area contributed by atoms with Crippen LogP contribution in [0.4, 0.5) is 19.1 Å². The van der Waals surface area contributed by atoms with Crippen molar-refractivity contribution >= 4 is 5.95 Å². The van der Waals surface area contributed by atoms with E-state index >= 15 is 0 Å². The summed E-state index contributed by atoms with van der Waals surface area (Å²) in [6, 6.07) is 7.44. The summed E-state index contributed by atoms with van der Waals surface area (Å²) >= 11 is 0. The Labute approximate surface area is 107 Å². The van der Waals surface area contributed by atoms with Gasteiger partial charge in [-0.2, -0.15) is 13.2 Å². The molecule has 100 valence electrons. The zero-order valence-electron chi connectivity index (χ0n) is 9.90. The van der Waals surface area contributed by atoms with Crippen LogP contribution in [0.2, 0.25) is 0 Å². The minimum absolute atomic E-state index is 0.0669. The van der Waals surface area contributed by atoms with Gasteiger partial charge in [-0.1, -0.05) is 12.1 Å². The number of methoxy groups -OCH3 is 1. The summed E-state index contributed by atoms with van der Waals surface area (Å²) in [4.78, 5) is 7.00. The second-order valence-electron chi connectivity index (χ2n) is 3.69. The predicted molar refractivity (Wildman–Crippen MR) is 63.4 cm³/mol. The van der Waals surface area contributed by atoms with Gasteiger partial charge < -0.3 is 10.5 Å². The molecule has 2 N–H and O–H groups in total. The van der Waals surface area contributed by atoms with Gasteiger partial charge in [0.15, 0.2) is 5.69 Å². The molecule has 0 aliphatic heterocycles. The van der Waals surface area contributed by atoms with Crippen LogP contribution >= 0.6 is 0 Å². The number of halogens is 3. The second-order valence-corrected chi connectivity index (χ2v) is 3.69. The summed E-state index contributed by atoms with van der Waals surface area (Å²) in [6.45, 7) is 0. The Morgan fingerprint density at radius 1 is 1.16 bits per heavy atom. The van der Waals surface area contributed by atoms with Crippen LogP contribution in [-0.4, -0.2) is 17.1 Å². The predicted octanol–water partition coefficient (Wildman–Crippen LogP) is 2.75. The van der Waals surface area contributed by atoms with Crippen molar-refractivity contribution < 1.29 is 17.9 Å². The van der Waals surface area contributed by atoms with E-state index in [4.69, 9.17) is 10.5 Å². The lowest BCUT2D eigenvalue weighted by Crippen LogP contribution is -2.11. The zero-order valence-corrected chi connectivity index (χ0v) is 9.90. The van der Waals surface area contributed by atoms with Crippen LogP contribution in [0.15, 0.2) is 30.3 Å². The number of rotatable bonds is 2. The number of nitrogens with zero attached hydrogens (tertiary/aromatic N) is 2. The Hall–Kier alpha value is -2.31. The first-order chi connectivity index (χ1) is 8.91. The fourth-order valence-corrected chi connectivity index (χ4v) is 1.61. The van der Waals surface area contributed by atoms with Crippen molar-refractivity contribution in [1.82, 2.24) is 9.97 Å². The molecule has 1 aromatic carbocycles. The van der Waals surface area contributed by atoms with Gasteiger partial charge >= 0.3 is 6.18 Å². The molecule has 0 amide bonds. The van der Waals surface area contributed by atoms with Crippen LogP contribution in [0.1, 0.15) is 5.69 Å². The third kappa shape index (κ3) is 2.75. The van der Waals surface area contributed by atoms with E-state index in [2.05, 4.69) is 9.97 Å². The van der Waals surface area contributed by atoms with Gasteiger partial charge in [-0.15, -0.1) is 0 Å². The number of para-hydroxylation sites is 1. The number of alkyl halides is 3.